The number of aliphatic imine (C=N–C) groups is 1. The average molecular weight is 275 g/mol. The molecular weight excluding hydrogens is 250 g/mol. The molecule has 0 bridgehead atoms. The minimum absolute atomic E-state index is 0.476. The van der Waals surface area contributed by atoms with Crippen LogP contribution in [0.25, 0.3) is 0 Å². The third kappa shape index (κ3) is 6.27. The Morgan fingerprint density at radius 3 is 2.90 bits per heavy atom. The Morgan fingerprint density at radius 2 is 2.20 bits per heavy atom. The van der Waals surface area contributed by atoms with Crippen molar-refractivity contribution in [2.75, 3.05) is 13.2 Å². The van der Waals surface area contributed by atoms with Crippen LogP contribution in [0, 0.1) is 5.92 Å². The van der Waals surface area contributed by atoms with E-state index in [-0.39, 0.29) is 0 Å². The molecule has 3 N–H and O–H groups in total. The van der Waals surface area contributed by atoms with E-state index in [0.717, 1.165) is 24.3 Å². The van der Waals surface area contributed by atoms with Crippen LogP contribution in [0.5, 0.6) is 5.75 Å². The number of hydrogen-bond acceptors (Lipinski definition) is 2. The van der Waals surface area contributed by atoms with Gasteiger partial charge in [-0.15, -0.1) is 0 Å². The van der Waals surface area contributed by atoms with Gasteiger partial charge in [0.2, 0.25) is 0 Å². The maximum Gasteiger partial charge on any atom is 0.188 e. The fourth-order valence-electron chi connectivity index (χ4n) is 1.64. The van der Waals surface area contributed by atoms with E-state index in [9.17, 15) is 0 Å². The van der Waals surface area contributed by atoms with Gasteiger partial charge in [0, 0.05) is 12.1 Å². The first-order chi connectivity index (χ1) is 9.63. The lowest BCUT2D eigenvalue weighted by Gasteiger charge is -2.10. The molecule has 0 heterocycles. The second-order valence-corrected chi connectivity index (χ2v) is 5.02. The molecule has 0 aliphatic rings. The summed E-state index contributed by atoms with van der Waals surface area (Å²) < 4.78 is 5.58. The molecule has 0 radical (unpaired) electrons. The topological polar surface area (TPSA) is 59.6 Å². The molecule has 0 amide bonds. The average Bonchev–Trinajstić information content (AvgIpc) is 2.43. The number of nitrogens with one attached hydrogen (secondary N) is 1. The van der Waals surface area contributed by atoms with Crippen LogP contribution in [-0.2, 0) is 6.54 Å². The number of nitrogens with zero attached hydrogens (tertiary/aromatic N) is 1. The molecule has 0 spiro atoms. The predicted molar refractivity (Wildman–Crippen MR) is 84.9 cm³/mol. The van der Waals surface area contributed by atoms with Gasteiger partial charge in [-0.05, 0) is 18.4 Å². The third-order valence-electron chi connectivity index (χ3n) is 2.78. The lowest BCUT2D eigenvalue weighted by Crippen LogP contribution is -2.32. The zero-order chi connectivity index (χ0) is 14.8. The van der Waals surface area contributed by atoms with Crippen molar-refractivity contribution in [3.05, 3.63) is 42.5 Å². The summed E-state index contributed by atoms with van der Waals surface area (Å²) in [6, 6.07) is 7.82. The van der Waals surface area contributed by atoms with Gasteiger partial charge < -0.3 is 15.8 Å². The van der Waals surface area contributed by atoms with E-state index in [1.165, 1.54) is 0 Å². The third-order valence-corrected chi connectivity index (χ3v) is 2.78. The van der Waals surface area contributed by atoms with E-state index in [1.807, 2.05) is 24.3 Å². The number of guanidine groups is 1. The number of para-hydroxylation sites is 1. The van der Waals surface area contributed by atoms with Gasteiger partial charge in [0.05, 0.1) is 6.54 Å². The summed E-state index contributed by atoms with van der Waals surface area (Å²) in [6.07, 6.45) is 2.80. The summed E-state index contributed by atoms with van der Waals surface area (Å²) in [4.78, 5) is 4.34. The Kier molecular flexibility index (Phi) is 7.25. The molecule has 0 saturated heterocycles. The molecule has 4 heteroatoms. The van der Waals surface area contributed by atoms with Crippen molar-refractivity contribution in [2.24, 2.45) is 16.6 Å². The van der Waals surface area contributed by atoms with Crippen LogP contribution >= 0.6 is 0 Å². The van der Waals surface area contributed by atoms with Gasteiger partial charge >= 0.3 is 0 Å². The summed E-state index contributed by atoms with van der Waals surface area (Å²) in [5, 5.41) is 3.12. The van der Waals surface area contributed by atoms with Gasteiger partial charge in [0.1, 0.15) is 12.4 Å². The van der Waals surface area contributed by atoms with E-state index < -0.39 is 0 Å². The Balaban J connectivity index is 2.52. The molecule has 0 aromatic heterocycles. The lowest BCUT2D eigenvalue weighted by molar-refractivity contribution is 0.359. The van der Waals surface area contributed by atoms with Gasteiger partial charge in [-0.25, -0.2) is 4.99 Å². The van der Waals surface area contributed by atoms with Crippen molar-refractivity contribution in [1.29, 1.82) is 0 Å². The molecule has 4 nitrogen and oxygen atoms in total. The molecule has 110 valence electrons. The van der Waals surface area contributed by atoms with Crippen molar-refractivity contribution in [2.45, 2.75) is 26.8 Å². The van der Waals surface area contributed by atoms with Gasteiger partial charge in [-0.1, -0.05) is 44.7 Å². The van der Waals surface area contributed by atoms with Crippen LogP contribution in [0.1, 0.15) is 25.8 Å². The first kappa shape index (κ1) is 16.1. The lowest BCUT2D eigenvalue weighted by atomic mass is 10.1. The zero-order valence-electron chi connectivity index (χ0n) is 12.4. The number of ether oxygens (including phenoxy) is 1. The Labute approximate surface area is 121 Å². The van der Waals surface area contributed by atoms with Gasteiger partial charge in [-0.2, -0.15) is 0 Å². The van der Waals surface area contributed by atoms with Crippen LogP contribution in [-0.4, -0.2) is 19.1 Å². The quantitative estimate of drug-likeness (QED) is 0.435. The molecule has 1 aromatic rings. The highest BCUT2D eigenvalue weighted by Gasteiger charge is 2.02. The summed E-state index contributed by atoms with van der Waals surface area (Å²) >= 11 is 0. The number of rotatable bonds is 8. The Bertz CT molecular complexity index is 441. The highest BCUT2D eigenvalue weighted by molar-refractivity contribution is 5.77. The monoisotopic (exact) mass is 275 g/mol. The van der Waals surface area contributed by atoms with Crippen molar-refractivity contribution in [3.8, 4) is 5.75 Å². The SMILES string of the molecule is C=CCOc1ccccc1CN=C(N)NCCC(C)C. The normalized spacial score (nSPS) is 11.4. The maximum absolute atomic E-state index is 5.84. The second-order valence-electron chi connectivity index (χ2n) is 5.02. The van der Waals surface area contributed by atoms with Gasteiger partial charge in [0.25, 0.3) is 0 Å². The molecule has 1 aromatic carbocycles. The smallest absolute Gasteiger partial charge is 0.188 e. The largest absolute Gasteiger partial charge is 0.489 e. The summed E-state index contributed by atoms with van der Waals surface area (Å²) in [7, 11) is 0. The van der Waals surface area contributed by atoms with Crippen molar-refractivity contribution in [1.82, 2.24) is 5.32 Å². The molecule has 1 rings (SSSR count). The Hall–Kier alpha value is -1.97. The predicted octanol–water partition coefficient (Wildman–Crippen LogP) is 2.70. The van der Waals surface area contributed by atoms with Gasteiger partial charge in [-0.3, -0.25) is 0 Å². The molecule has 0 saturated carbocycles. The van der Waals surface area contributed by atoms with Crippen LogP contribution in [0.3, 0.4) is 0 Å². The molecule has 0 unspecified atom stereocenters. The van der Waals surface area contributed by atoms with E-state index >= 15 is 0 Å². The van der Waals surface area contributed by atoms with Crippen LogP contribution in [0.15, 0.2) is 41.9 Å². The number of benzene rings is 1. The minimum atomic E-state index is 0.476. The van der Waals surface area contributed by atoms with E-state index in [2.05, 4.69) is 30.7 Å². The highest BCUT2D eigenvalue weighted by atomic mass is 16.5. The summed E-state index contributed by atoms with van der Waals surface area (Å²) in [5.41, 5.74) is 6.86. The fraction of sp³-hybridized carbons (Fsp3) is 0.438. The highest BCUT2D eigenvalue weighted by Crippen LogP contribution is 2.18. The number of nitrogens with two attached hydrogens (primary N) is 1. The van der Waals surface area contributed by atoms with E-state index in [0.29, 0.717) is 25.0 Å². The van der Waals surface area contributed by atoms with Crippen molar-refractivity contribution in [3.63, 3.8) is 0 Å². The minimum Gasteiger partial charge on any atom is -0.489 e. The standard InChI is InChI=1S/C16H25N3O/c1-4-11-20-15-8-6-5-7-14(15)12-19-16(17)18-10-9-13(2)3/h4-8,13H,1,9-12H2,2-3H3,(H3,17,18,19). The van der Waals surface area contributed by atoms with E-state index in [4.69, 9.17) is 10.5 Å². The zero-order valence-corrected chi connectivity index (χ0v) is 12.4. The maximum atomic E-state index is 5.84. The molecule has 0 atom stereocenters. The van der Waals surface area contributed by atoms with Crippen LogP contribution in [0.2, 0.25) is 0 Å². The second kappa shape index (κ2) is 9.02. The van der Waals surface area contributed by atoms with Crippen molar-refractivity contribution < 1.29 is 4.74 Å². The molecule has 0 fully saturated rings. The molecule has 0 aliphatic heterocycles. The first-order valence-corrected chi connectivity index (χ1v) is 6.99. The van der Waals surface area contributed by atoms with E-state index in [1.54, 1.807) is 6.08 Å². The van der Waals surface area contributed by atoms with Crippen LogP contribution in [0.4, 0.5) is 0 Å². The number of hydrogen-bond donors (Lipinski definition) is 2. The summed E-state index contributed by atoms with van der Waals surface area (Å²) in [5.74, 6) is 1.96. The Morgan fingerprint density at radius 1 is 1.45 bits per heavy atom. The van der Waals surface area contributed by atoms with Crippen molar-refractivity contribution >= 4 is 5.96 Å². The first-order valence-electron chi connectivity index (χ1n) is 6.99. The summed E-state index contributed by atoms with van der Waals surface area (Å²) in [6.45, 7) is 9.86. The molecule has 20 heavy (non-hydrogen) atoms. The fourth-order valence-corrected chi connectivity index (χ4v) is 1.64. The molecule has 0 aliphatic carbocycles. The van der Waals surface area contributed by atoms with Gasteiger partial charge in [0.15, 0.2) is 5.96 Å². The van der Waals surface area contributed by atoms with Crippen LogP contribution < -0.4 is 15.8 Å². The molecular formula is C16H25N3O.